The summed E-state index contributed by atoms with van der Waals surface area (Å²) in [5, 5.41) is 3.31. The average molecular weight is 193 g/mol. The minimum atomic E-state index is 0.201. The van der Waals surface area contributed by atoms with Crippen LogP contribution in [0.15, 0.2) is 23.0 Å². The van der Waals surface area contributed by atoms with E-state index in [1.165, 1.54) is 12.7 Å². The summed E-state index contributed by atoms with van der Waals surface area (Å²) in [6, 6.07) is 1.73. The van der Waals surface area contributed by atoms with Gasteiger partial charge in [-0.2, -0.15) is 0 Å². The van der Waals surface area contributed by atoms with Crippen molar-refractivity contribution in [2.24, 2.45) is 5.92 Å². The van der Waals surface area contributed by atoms with Crippen LogP contribution >= 0.6 is 0 Å². The van der Waals surface area contributed by atoms with Gasteiger partial charge in [-0.1, -0.05) is 0 Å². The first-order chi connectivity index (χ1) is 6.86. The zero-order valence-electron chi connectivity index (χ0n) is 8.16. The lowest BCUT2D eigenvalue weighted by Gasteiger charge is -2.21. The lowest BCUT2D eigenvalue weighted by atomic mass is 9.93. The maximum absolute atomic E-state index is 11.7. The van der Waals surface area contributed by atoms with E-state index in [0.717, 1.165) is 19.5 Å². The van der Waals surface area contributed by atoms with Crippen molar-refractivity contribution in [1.82, 2.24) is 5.32 Å². The fourth-order valence-corrected chi connectivity index (χ4v) is 1.90. The van der Waals surface area contributed by atoms with Gasteiger partial charge in [0.15, 0.2) is 5.78 Å². The van der Waals surface area contributed by atoms with Crippen LogP contribution in [0.1, 0.15) is 29.6 Å². The van der Waals surface area contributed by atoms with Crippen LogP contribution in [-0.4, -0.2) is 18.9 Å². The van der Waals surface area contributed by atoms with Gasteiger partial charge in [-0.15, -0.1) is 0 Å². The average Bonchev–Trinajstić information content (AvgIpc) is 2.72. The highest BCUT2D eigenvalue weighted by Gasteiger charge is 2.17. The lowest BCUT2D eigenvalue weighted by molar-refractivity contribution is 0.0953. The number of nitrogens with one attached hydrogen (secondary N) is 1. The van der Waals surface area contributed by atoms with Gasteiger partial charge >= 0.3 is 0 Å². The Morgan fingerprint density at radius 3 is 3.21 bits per heavy atom. The third-order valence-corrected chi connectivity index (χ3v) is 2.72. The molecule has 1 fully saturated rings. The standard InChI is InChI=1S/C11H15NO2/c13-11(10-3-5-14-8-10)6-9-2-1-4-12-7-9/h3,5,8-9,12H,1-2,4,6-7H2. The van der Waals surface area contributed by atoms with E-state index in [1.807, 2.05) is 0 Å². The lowest BCUT2D eigenvalue weighted by Crippen LogP contribution is -2.31. The van der Waals surface area contributed by atoms with Gasteiger partial charge in [0, 0.05) is 6.42 Å². The van der Waals surface area contributed by atoms with Crippen molar-refractivity contribution in [2.45, 2.75) is 19.3 Å². The number of hydrogen-bond acceptors (Lipinski definition) is 3. The number of furan rings is 1. The summed E-state index contributed by atoms with van der Waals surface area (Å²) in [4.78, 5) is 11.7. The number of carbonyl (C=O) groups is 1. The highest BCUT2D eigenvalue weighted by molar-refractivity contribution is 5.95. The second kappa shape index (κ2) is 4.42. The number of rotatable bonds is 3. The van der Waals surface area contributed by atoms with Crippen molar-refractivity contribution in [1.29, 1.82) is 0 Å². The van der Waals surface area contributed by atoms with Gasteiger partial charge in [0.2, 0.25) is 0 Å². The maximum Gasteiger partial charge on any atom is 0.166 e. The van der Waals surface area contributed by atoms with E-state index in [4.69, 9.17) is 4.42 Å². The van der Waals surface area contributed by atoms with Gasteiger partial charge in [-0.05, 0) is 37.9 Å². The second-order valence-corrected chi connectivity index (χ2v) is 3.85. The first-order valence-electron chi connectivity index (χ1n) is 5.12. The van der Waals surface area contributed by atoms with E-state index < -0.39 is 0 Å². The molecule has 14 heavy (non-hydrogen) atoms. The minimum Gasteiger partial charge on any atom is -0.472 e. The molecule has 76 valence electrons. The molecule has 2 rings (SSSR count). The zero-order chi connectivity index (χ0) is 9.80. The van der Waals surface area contributed by atoms with E-state index in [1.54, 1.807) is 12.3 Å². The van der Waals surface area contributed by atoms with Crippen molar-refractivity contribution in [2.75, 3.05) is 13.1 Å². The van der Waals surface area contributed by atoms with Crippen LogP contribution in [0.3, 0.4) is 0 Å². The van der Waals surface area contributed by atoms with E-state index >= 15 is 0 Å². The Morgan fingerprint density at radius 2 is 2.57 bits per heavy atom. The van der Waals surface area contributed by atoms with Crippen LogP contribution < -0.4 is 5.32 Å². The number of ketones is 1. The Hall–Kier alpha value is -1.09. The second-order valence-electron chi connectivity index (χ2n) is 3.85. The van der Waals surface area contributed by atoms with Gasteiger partial charge < -0.3 is 9.73 Å². The Morgan fingerprint density at radius 1 is 1.64 bits per heavy atom. The van der Waals surface area contributed by atoms with E-state index in [9.17, 15) is 4.79 Å². The molecule has 1 unspecified atom stereocenters. The molecule has 1 aliphatic rings. The first kappa shape index (κ1) is 9.46. The van der Waals surface area contributed by atoms with Crippen molar-refractivity contribution in [3.05, 3.63) is 24.2 Å². The van der Waals surface area contributed by atoms with Gasteiger partial charge in [0.1, 0.15) is 6.26 Å². The molecule has 1 atom stereocenters. The molecule has 3 heteroatoms. The summed E-state index contributed by atoms with van der Waals surface area (Å²) in [7, 11) is 0. The number of piperidine rings is 1. The minimum absolute atomic E-state index is 0.201. The molecule has 1 N–H and O–H groups in total. The Bertz CT molecular complexity index is 286. The summed E-state index contributed by atoms with van der Waals surface area (Å²) in [5.41, 5.74) is 0.704. The van der Waals surface area contributed by atoms with Gasteiger partial charge in [0.05, 0.1) is 11.8 Å². The number of hydrogen-bond donors (Lipinski definition) is 1. The molecule has 0 bridgehead atoms. The predicted molar refractivity (Wildman–Crippen MR) is 53.2 cm³/mol. The molecule has 1 aliphatic heterocycles. The molecule has 0 radical (unpaired) electrons. The summed E-state index contributed by atoms with van der Waals surface area (Å²) >= 11 is 0. The molecule has 1 aromatic heterocycles. The van der Waals surface area contributed by atoms with Crippen LogP contribution in [0, 0.1) is 5.92 Å². The highest BCUT2D eigenvalue weighted by Crippen LogP contribution is 2.17. The zero-order valence-corrected chi connectivity index (χ0v) is 8.16. The molecule has 1 aromatic rings. The predicted octanol–water partition coefficient (Wildman–Crippen LogP) is 1.85. The highest BCUT2D eigenvalue weighted by atomic mass is 16.3. The summed E-state index contributed by atoms with van der Waals surface area (Å²) < 4.78 is 4.89. The van der Waals surface area contributed by atoms with Gasteiger partial charge in [-0.3, -0.25) is 4.79 Å². The quantitative estimate of drug-likeness (QED) is 0.745. The molecule has 3 nitrogen and oxygen atoms in total. The van der Waals surface area contributed by atoms with Crippen LogP contribution in [0.4, 0.5) is 0 Å². The monoisotopic (exact) mass is 193 g/mol. The molecule has 0 aliphatic carbocycles. The van der Waals surface area contributed by atoms with Crippen LogP contribution in [0.5, 0.6) is 0 Å². The molecule has 0 saturated carbocycles. The van der Waals surface area contributed by atoms with Crippen molar-refractivity contribution in [3.63, 3.8) is 0 Å². The largest absolute Gasteiger partial charge is 0.472 e. The fourth-order valence-electron chi connectivity index (χ4n) is 1.90. The summed E-state index contributed by atoms with van der Waals surface area (Å²) in [6.45, 7) is 2.07. The number of Topliss-reactive ketones (excluding diaryl/α,β-unsaturated/α-hetero) is 1. The SMILES string of the molecule is O=C(CC1CCCNC1)c1ccoc1. The van der Waals surface area contributed by atoms with E-state index in [0.29, 0.717) is 17.9 Å². The molecule has 0 spiro atoms. The molecule has 0 amide bonds. The van der Waals surface area contributed by atoms with Gasteiger partial charge in [-0.25, -0.2) is 0 Å². The molecular formula is C11H15NO2. The van der Waals surface area contributed by atoms with E-state index in [2.05, 4.69) is 5.32 Å². The molecule has 0 aromatic carbocycles. The van der Waals surface area contributed by atoms with Crippen LogP contribution in [0.25, 0.3) is 0 Å². The Balaban J connectivity index is 1.87. The van der Waals surface area contributed by atoms with Crippen LogP contribution in [-0.2, 0) is 0 Å². The van der Waals surface area contributed by atoms with Gasteiger partial charge in [0.25, 0.3) is 0 Å². The van der Waals surface area contributed by atoms with E-state index in [-0.39, 0.29) is 5.78 Å². The smallest absolute Gasteiger partial charge is 0.166 e. The topological polar surface area (TPSA) is 42.2 Å². The third-order valence-electron chi connectivity index (χ3n) is 2.72. The fraction of sp³-hybridized carbons (Fsp3) is 0.545. The molecule has 1 saturated heterocycles. The van der Waals surface area contributed by atoms with Crippen molar-refractivity contribution >= 4 is 5.78 Å². The maximum atomic E-state index is 11.7. The Labute approximate surface area is 83.5 Å². The van der Waals surface area contributed by atoms with Crippen molar-refractivity contribution in [3.8, 4) is 0 Å². The first-order valence-corrected chi connectivity index (χ1v) is 5.12. The third kappa shape index (κ3) is 2.23. The summed E-state index contributed by atoms with van der Waals surface area (Å²) in [5.74, 6) is 0.707. The molecular weight excluding hydrogens is 178 g/mol. The van der Waals surface area contributed by atoms with Crippen LogP contribution in [0.2, 0.25) is 0 Å². The van der Waals surface area contributed by atoms with Crippen molar-refractivity contribution < 1.29 is 9.21 Å². The summed E-state index contributed by atoms with van der Waals surface area (Å²) in [6.07, 6.45) is 6.07. The normalized spacial score (nSPS) is 22.1. The molecule has 2 heterocycles. The Kier molecular flexibility index (Phi) is 2.99. The number of carbonyl (C=O) groups excluding carboxylic acids is 1.